The summed E-state index contributed by atoms with van der Waals surface area (Å²) in [4.78, 5) is 29.6. The van der Waals surface area contributed by atoms with Crippen molar-refractivity contribution in [1.82, 2.24) is 5.32 Å². The molecule has 4 fully saturated rings. The van der Waals surface area contributed by atoms with Crippen molar-refractivity contribution < 1.29 is 14.0 Å². The van der Waals surface area contributed by atoms with Gasteiger partial charge in [0.2, 0.25) is 5.91 Å². The molecule has 1 N–H and O–H groups in total. The van der Waals surface area contributed by atoms with Gasteiger partial charge in [-0.05, 0) is 92.9 Å². The number of carbonyl (C=O) groups is 2. The third kappa shape index (κ3) is 4.20. The molecule has 2 aromatic rings. The van der Waals surface area contributed by atoms with Gasteiger partial charge in [-0.15, -0.1) is 0 Å². The monoisotopic (exact) mass is 490 g/mol. The van der Waals surface area contributed by atoms with Crippen LogP contribution in [0.3, 0.4) is 0 Å². The fraction of sp³-hybridized carbons (Fsp3) is 0.448. The van der Waals surface area contributed by atoms with Gasteiger partial charge in [-0.25, -0.2) is 4.39 Å². The number of carbonyl (C=O) groups excluding carboxylic acids is 2. The summed E-state index contributed by atoms with van der Waals surface area (Å²) in [6, 6.07) is 14.1. The number of anilines is 1. The molecule has 4 saturated carbocycles. The van der Waals surface area contributed by atoms with E-state index >= 15 is 0 Å². The van der Waals surface area contributed by atoms with Crippen LogP contribution < -0.4 is 10.2 Å². The summed E-state index contributed by atoms with van der Waals surface area (Å²) < 4.78 is 14.3. The Bertz CT molecular complexity index is 1170. The molecule has 7 rings (SSSR count). The Hall–Kier alpha value is -2.60. The van der Waals surface area contributed by atoms with Crippen molar-refractivity contribution >= 4 is 35.3 Å². The number of fused-ring (bicyclic) bond motifs is 1. The molecule has 1 atom stereocenters. The lowest BCUT2D eigenvalue weighted by molar-refractivity contribution is -0.126. The van der Waals surface area contributed by atoms with Gasteiger partial charge in [-0.1, -0.05) is 42.1 Å². The first-order valence-corrected chi connectivity index (χ1v) is 13.6. The van der Waals surface area contributed by atoms with Crippen LogP contribution in [0, 0.1) is 29.0 Å². The highest BCUT2D eigenvalue weighted by Crippen LogP contribution is 2.61. The first-order valence-electron chi connectivity index (χ1n) is 12.7. The lowest BCUT2D eigenvalue weighted by atomic mass is 9.48. The minimum absolute atomic E-state index is 0.0400. The van der Waals surface area contributed by atoms with Crippen LogP contribution >= 0.6 is 11.8 Å². The minimum atomic E-state index is -0.374. The highest BCUT2D eigenvalue weighted by atomic mass is 32.2. The number of nitrogens with zero attached hydrogens (tertiary/aromatic N) is 1. The van der Waals surface area contributed by atoms with E-state index in [1.165, 1.54) is 56.4 Å². The van der Waals surface area contributed by atoms with E-state index in [0.717, 1.165) is 28.3 Å². The second-order valence-corrected chi connectivity index (χ2v) is 12.1. The average Bonchev–Trinajstić information content (AvgIpc) is 2.82. The van der Waals surface area contributed by atoms with Gasteiger partial charge in [0.05, 0.1) is 10.6 Å². The van der Waals surface area contributed by atoms with E-state index in [-0.39, 0.29) is 35.6 Å². The molecule has 6 heteroatoms. The SMILES string of the molecule is C[C@@H](NC(=O)CN1C(=O)/C(=C/c2ccccc2F)Sc2ccccc21)C12CC3CC(CC(C3)C1)C2. The lowest BCUT2D eigenvalue weighted by Crippen LogP contribution is -2.57. The van der Waals surface area contributed by atoms with Crippen molar-refractivity contribution in [1.29, 1.82) is 0 Å². The molecular formula is C29H31FN2O2S. The molecule has 0 radical (unpaired) electrons. The van der Waals surface area contributed by atoms with Gasteiger partial charge in [-0.2, -0.15) is 0 Å². The zero-order chi connectivity index (χ0) is 24.2. The normalized spacial score (nSPS) is 30.9. The summed E-state index contributed by atoms with van der Waals surface area (Å²) in [6.07, 6.45) is 9.35. The largest absolute Gasteiger partial charge is 0.352 e. The lowest BCUT2D eigenvalue weighted by Gasteiger charge is -2.59. The van der Waals surface area contributed by atoms with Crippen LogP contribution in [0.5, 0.6) is 0 Å². The van der Waals surface area contributed by atoms with Gasteiger partial charge in [0.1, 0.15) is 12.4 Å². The Morgan fingerprint density at radius 1 is 1.09 bits per heavy atom. The van der Waals surface area contributed by atoms with Crippen molar-refractivity contribution in [2.45, 2.75) is 56.4 Å². The third-order valence-corrected chi connectivity index (χ3v) is 9.78. The van der Waals surface area contributed by atoms with E-state index in [1.54, 1.807) is 29.2 Å². The standard InChI is InChI=1S/C29H31FN2O2S/c1-18(29-14-19-10-20(15-29)12-21(11-19)16-29)31-27(33)17-32-24-8-4-5-9-25(24)35-26(28(32)34)13-22-6-2-3-7-23(22)30/h2-9,13,18-21H,10-12,14-17H2,1H3,(H,31,33)/b26-13-/t18-,19?,20?,21?,29?/m1/s1. The van der Waals surface area contributed by atoms with Crippen LogP contribution in [-0.4, -0.2) is 24.4 Å². The van der Waals surface area contributed by atoms with Gasteiger partial charge in [0.15, 0.2) is 0 Å². The second-order valence-electron chi connectivity index (χ2n) is 11.1. The highest BCUT2D eigenvalue weighted by molar-refractivity contribution is 8.04. The molecule has 35 heavy (non-hydrogen) atoms. The van der Waals surface area contributed by atoms with Crippen molar-refractivity contribution in [3.8, 4) is 0 Å². The minimum Gasteiger partial charge on any atom is -0.352 e. The second kappa shape index (κ2) is 8.81. The zero-order valence-electron chi connectivity index (χ0n) is 20.0. The summed E-state index contributed by atoms with van der Waals surface area (Å²) >= 11 is 1.32. The first kappa shape index (κ1) is 22.8. The molecule has 4 nitrogen and oxygen atoms in total. The maximum Gasteiger partial charge on any atom is 0.265 e. The molecule has 182 valence electrons. The molecule has 0 saturated heterocycles. The Kier molecular flexibility index (Phi) is 5.75. The third-order valence-electron chi connectivity index (χ3n) is 8.71. The molecular weight excluding hydrogens is 459 g/mol. The Morgan fingerprint density at radius 3 is 2.40 bits per heavy atom. The quantitative estimate of drug-likeness (QED) is 0.521. The Labute approximate surface area is 210 Å². The highest BCUT2D eigenvalue weighted by Gasteiger charge is 2.53. The fourth-order valence-corrected chi connectivity index (χ4v) is 8.49. The maximum atomic E-state index is 14.3. The van der Waals surface area contributed by atoms with E-state index in [0.29, 0.717) is 10.5 Å². The molecule has 4 bridgehead atoms. The number of hydrogen-bond acceptors (Lipinski definition) is 3. The van der Waals surface area contributed by atoms with Crippen LogP contribution in [0.25, 0.3) is 6.08 Å². The van der Waals surface area contributed by atoms with Gasteiger partial charge in [0, 0.05) is 16.5 Å². The van der Waals surface area contributed by atoms with Gasteiger partial charge in [0.25, 0.3) is 5.91 Å². The molecule has 2 amide bonds. The van der Waals surface area contributed by atoms with Crippen molar-refractivity contribution in [3.63, 3.8) is 0 Å². The van der Waals surface area contributed by atoms with Crippen molar-refractivity contribution in [2.24, 2.45) is 23.2 Å². The molecule has 0 unspecified atom stereocenters. The summed E-state index contributed by atoms with van der Waals surface area (Å²) in [5, 5.41) is 3.29. The molecule has 2 aromatic carbocycles. The van der Waals surface area contributed by atoms with Crippen LogP contribution in [0.15, 0.2) is 58.3 Å². The van der Waals surface area contributed by atoms with Crippen LogP contribution in [0.1, 0.15) is 51.0 Å². The first-order chi connectivity index (χ1) is 16.9. The molecule has 5 aliphatic rings. The van der Waals surface area contributed by atoms with Crippen LogP contribution in [-0.2, 0) is 9.59 Å². The smallest absolute Gasteiger partial charge is 0.265 e. The van der Waals surface area contributed by atoms with E-state index < -0.39 is 0 Å². The average molecular weight is 491 g/mol. The summed E-state index contributed by atoms with van der Waals surface area (Å²) in [5.74, 6) is 1.68. The molecule has 0 aromatic heterocycles. The predicted octanol–water partition coefficient (Wildman–Crippen LogP) is 6.03. The summed E-state index contributed by atoms with van der Waals surface area (Å²) in [7, 11) is 0. The van der Waals surface area contributed by atoms with Gasteiger partial charge < -0.3 is 5.32 Å². The molecule has 4 aliphatic carbocycles. The van der Waals surface area contributed by atoms with E-state index in [4.69, 9.17) is 0 Å². The number of nitrogens with one attached hydrogen (secondary N) is 1. The topological polar surface area (TPSA) is 49.4 Å². The zero-order valence-corrected chi connectivity index (χ0v) is 20.8. The number of amides is 2. The van der Waals surface area contributed by atoms with Gasteiger partial charge in [-0.3, -0.25) is 14.5 Å². The molecule has 0 spiro atoms. The van der Waals surface area contributed by atoms with E-state index in [2.05, 4.69) is 12.2 Å². The number of halogens is 1. The molecule has 1 aliphatic heterocycles. The van der Waals surface area contributed by atoms with E-state index in [9.17, 15) is 14.0 Å². The van der Waals surface area contributed by atoms with Crippen molar-refractivity contribution in [2.75, 3.05) is 11.4 Å². The van der Waals surface area contributed by atoms with Crippen LogP contribution in [0.2, 0.25) is 0 Å². The summed E-state index contributed by atoms with van der Waals surface area (Å²) in [5.41, 5.74) is 1.30. The number of hydrogen-bond donors (Lipinski definition) is 1. The maximum absolute atomic E-state index is 14.3. The predicted molar refractivity (Wildman–Crippen MR) is 137 cm³/mol. The van der Waals surface area contributed by atoms with Crippen molar-refractivity contribution in [3.05, 3.63) is 64.8 Å². The fourth-order valence-electron chi connectivity index (χ4n) is 7.44. The number of rotatable bonds is 5. The Morgan fingerprint density at radius 2 is 1.71 bits per heavy atom. The number of thioether (sulfide) groups is 1. The number of para-hydroxylation sites is 1. The number of benzene rings is 2. The molecule has 1 heterocycles. The van der Waals surface area contributed by atoms with E-state index in [1.807, 2.05) is 24.3 Å². The summed E-state index contributed by atoms with van der Waals surface area (Å²) in [6.45, 7) is 2.12. The van der Waals surface area contributed by atoms with Crippen LogP contribution in [0.4, 0.5) is 10.1 Å². The van der Waals surface area contributed by atoms with Gasteiger partial charge >= 0.3 is 0 Å². The Balaban J connectivity index is 1.22.